The Hall–Kier alpha value is -0.920. The lowest BCUT2D eigenvalue weighted by Crippen LogP contribution is -2.18. The van der Waals surface area contributed by atoms with Crippen molar-refractivity contribution in [1.29, 1.82) is 0 Å². The standard InChI is InChI=1S/C14H12BrF4NS/c1-7-5-11(21-13(7)15)12(20-2)8-3-4-10(16)9(6-8)14(17,18)19/h3-6,12,20H,1-2H3. The first-order valence-corrected chi connectivity index (χ1v) is 7.64. The molecule has 2 rings (SSSR count). The monoisotopic (exact) mass is 381 g/mol. The van der Waals surface area contributed by atoms with Gasteiger partial charge in [-0.05, 0) is 59.2 Å². The average Bonchev–Trinajstić information content (AvgIpc) is 2.71. The molecule has 1 nitrogen and oxygen atoms in total. The molecule has 0 aliphatic heterocycles. The van der Waals surface area contributed by atoms with E-state index in [0.29, 0.717) is 5.56 Å². The van der Waals surface area contributed by atoms with E-state index in [1.54, 1.807) is 7.05 Å². The van der Waals surface area contributed by atoms with Crippen LogP contribution >= 0.6 is 27.3 Å². The quantitative estimate of drug-likeness (QED) is 0.712. The Labute approximate surface area is 132 Å². The van der Waals surface area contributed by atoms with Gasteiger partial charge in [-0.15, -0.1) is 11.3 Å². The van der Waals surface area contributed by atoms with Gasteiger partial charge in [0.1, 0.15) is 5.82 Å². The molecule has 1 heterocycles. The second-order valence-electron chi connectivity index (χ2n) is 4.56. The van der Waals surface area contributed by atoms with Crippen LogP contribution in [0.15, 0.2) is 28.1 Å². The van der Waals surface area contributed by atoms with Crippen molar-refractivity contribution in [3.63, 3.8) is 0 Å². The zero-order chi connectivity index (χ0) is 15.8. The van der Waals surface area contributed by atoms with Crippen LogP contribution in [0.2, 0.25) is 0 Å². The average molecular weight is 382 g/mol. The van der Waals surface area contributed by atoms with Crippen LogP contribution in [0.25, 0.3) is 0 Å². The summed E-state index contributed by atoms with van der Waals surface area (Å²) in [4.78, 5) is 0.863. The van der Waals surface area contributed by atoms with Gasteiger partial charge in [-0.25, -0.2) is 4.39 Å². The molecule has 0 bridgehead atoms. The Balaban J connectivity index is 2.48. The number of alkyl halides is 3. The van der Waals surface area contributed by atoms with Gasteiger partial charge >= 0.3 is 6.18 Å². The van der Waals surface area contributed by atoms with E-state index in [9.17, 15) is 17.6 Å². The predicted molar refractivity (Wildman–Crippen MR) is 79.1 cm³/mol. The second-order valence-corrected chi connectivity index (χ2v) is 6.97. The molecule has 0 spiro atoms. The minimum absolute atomic E-state index is 0.375. The number of rotatable bonds is 3. The van der Waals surface area contributed by atoms with Crippen molar-refractivity contribution in [2.75, 3.05) is 7.05 Å². The van der Waals surface area contributed by atoms with Crippen molar-refractivity contribution in [1.82, 2.24) is 5.32 Å². The zero-order valence-electron chi connectivity index (χ0n) is 11.2. The Kier molecular flexibility index (Phi) is 4.75. The molecule has 1 unspecified atom stereocenters. The molecular weight excluding hydrogens is 370 g/mol. The van der Waals surface area contributed by atoms with E-state index in [0.717, 1.165) is 26.4 Å². The number of halogens is 5. The van der Waals surface area contributed by atoms with Gasteiger partial charge in [0, 0.05) is 4.88 Å². The Morgan fingerprint density at radius 3 is 2.38 bits per heavy atom. The maximum atomic E-state index is 13.4. The number of aryl methyl sites for hydroxylation is 1. The number of nitrogens with one attached hydrogen (secondary N) is 1. The van der Waals surface area contributed by atoms with Crippen LogP contribution in [0.5, 0.6) is 0 Å². The van der Waals surface area contributed by atoms with Crippen molar-refractivity contribution < 1.29 is 17.6 Å². The molecule has 1 aromatic carbocycles. The lowest BCUT2D eigenvalue weighted by molar-refractivity contribution is -0.140. The molecule has 0 aliphatic rings. The van der Waals surface area contributed by atoms with E-state index < -0.39 is 23.6 Å². The first kappa shape index (κ1) is 16.5. The van der Waals surface area contributed by atoms with Crippen LogP contribution in [0, 0.1) is 12.7 Å². The van der Waals surface area contributed by atoms with E-state index in [4.69, 9.17) is 0 Å². The fraction of sp³-hybridized carbons (Fsp3) is 0.286. The van der Waals surface area contributed by atoms with Crippen molar-refractivity contribution in [3.8, 4) is 0 Å². The molecular formula is C14H12BrF4NS. The Morgan fingerprint density at radius 1 is 1.24 bits per heavy atom. The minimum Gasteiger partial charge on any atom is -0.309 e. The fourth-order valence-corrected chi connectivity index (χ4v) is 3.75. The van der Waals surface area contributed by atoms with Crippen LogP contribution in [0.4, 0.5) is 17.6 Å². The normalized spacial score (nSPS) is 13.5. The van der Waals surface area contributed by atoms with Gasteiger partial charge in [0.25, 0.3) is 0 Å². The topological polar surface area (TPSA) is 12.0 Å². The first-order valence-electron chi connectivity index (χ1n) is 6.03. The fourth-order valence-electron chi connectivity index (χ4n) is 2.04. The van der Waals surface area contributed by atoms with E-state index in [-0.39, 0.29) is 0 Å². The zero-order valence-corrected chi connectivity index (χ0v) is 13.6. The Bertz CT molecular complexity index is 631. The molecule has 1 aromatic heterocycles. The highest BCUT2D eigenvalue weighted by Gasteiger charge is 2.34. The van der Waals surface area contributed by atoms with Gasteiger partial charge < -0.3 is 5.32 Å². The summed E-state index contributed by atoms with van der Waals surface area (Å²) in [6, 6.07) is 4.57. The second kappa shape index (κ2) is 6.06. The van der Waals surface area contributed by atoms with Gasteiger partial charge in [-0.1, -0.05) is 6.07 Å². The summed E-state index contributed by atoms with van der Waals surface area (Å²) in [6.45, 7) is 1.91. The third kappa shape index (κ3) is 3.46. The summed E-state index contributed by atoms with van der Waals surface area (Å²) in [5, 5.41) is 2.97. The van der Waals surface area contributed by atoms with Crippen LogP contribution in [0.3, 0.4) is 0 Å². The molecule has 21 heavy (non-hydrogen) atoms. The van der Waals surface area contributed by atoms with Crippen molar-refractivity contribution in [3.05, 3.63) is 55.4 Å². The van der Waals surface area contributed by atoms with Crippen LogP contribution in [0.1, 0.15) is 27.6 Å². The molecule has 2 aromatic rings. The molecule has 1 N–H and O–H groups in total. The highest BCUT2D eigenvalue weighted by Crippen LogP contribution is 2.37. The number of hydrogen-bond donors (Lipinski definition) is 1. The van der Waals surface area contributed by atoms with Gasteiger partial charge in [0.15, 0.2) is 0 Å². The lowest BCUT2D eigenvalue weighted by atomic mass is 10.0. The highest BCUT2D eigenvalue weighted by atomic mass is 79.9. The van der Waals surface area contributed by atoms with E-state index in [1.807, 2.05) is 13.0 Å². The summed E-state index contributed by atoms with van der Waals surface area (Å²) >= 11 is 4.83. The van der Waals surface area contributed by atoms with E-state index in [1.165, 1.54) is 17.4 Å². The lowest BCUT2D eigenvalue weighted by Gasteiger charge is -2.17. The van der Waals surface area contributed by atoms with Gasteiger partial charge in [-0.2, -0.15) is 13.2 Å². The maximum absolute atomic E-state index is 13.4. The van der Waals surface area contributed by atoms with Gasteiger partial charge in [0.05, 0.1) is 15.4 Å². The summed E-state index contributed by atoms with van der Waals surface area (Å²) in [5.41, 5.74) is 0.140. The summed E-state index contributed by atoms with van der Waals surface area (Å²) in [6.07, 6.45) is -4.70. The van der Waals surface area contributed by atoms with Crippen LogP contribution in [-0.2, 0) is 6.18 Å². The summed E-state index contributed by atoms with van der Waals surface area (Å²) in [5.74, 6) is -1.26. The molecule has 0 saturated heterocycles. The molecule has 114 valence electrons. The van der Waals surface area contributed by atoms with Crippen molar-refractivity contribution >= 4 is 27.3 Å². The maximum Gasteiger partial charge on any atom is 0.419 e. The predicted octanol–water partition coefficient (Wildman–Crippen LogP) is 5.29. The van der Waals surface area contributed by atoms with Crippen molar-refractivity contribution in [2.45, 2.75) is 19.1 Å². The first-order chi connectivity index (χ1) is 9.74. The third-order valence-electron chi connectivity index (χ3n) is 3.08. The number of thiophene rings is 1. The van der Waals surface area contributed by atoms with E-state index in [2.05, 4.69) is 21.2 Å². The van der Waals surface area contributed by atoms with Gasteiger partial charge in [-0.3, -0.25) is 0 Å². The van der Waals surface area contributed by atoms with Gasteiger partial charge in [0.2, 0.25) is 0 Å². The summed E-state index contributed by atoms with van der Waals surface area (Å²) in [7, 11) is 1.66. The third-order valence-corrected chi connectivity index (χ3v) is 5.28. The minimum atomic E-state index is -4.70. The van der Waals surface area contributed by atoms with E-state index >= 15 is 0 Å². The smallest absolute Gasteiger partial charge is 0.309 e. The van der Waals surface area contributed by atoms with Crippen LogP contribution in [-0.4, -0.2) is 7.05 Å². The molecule has 7 heteroatoms. The van der Waals surface area contributed by atoms with Crippen molar-refractivity contribution in [2.24, 2.45) is 0 Å². The summed E-state index contributed by atoms with van der Waals surface area (Å²) < 4.78 is 52.7. The SMILES string of the molecule is CNC(c1ccc(F)c(C(F)(F)F)c1)c1cc(C)c(Br)s1. The molecule has 0 amide bonds. The molecule has 0 aliphatic carbocycles. The molecule has 1 atom stereocenters. The van der Waals surface area contributed by atoms with Crippen LogP contribution < -0.4 is 5.32 Å². The number of benzene rings is 1. The molecule has 0 radical (unpaired) electrons. The molecule has 0 fully saturated rings. The highest BCUT2D eigenvalue weighted by molar-refractivity contribution is 9.11. The largest absolute Gasteiger partial charge is 0.419 e. The number of hydrogen-bond acceptors (Lipinski definition) is 2. The Morgan fingerprint density at radius 2 is 1.90 bits per heavy atom. The molecule has 0 saturated carbocycles.